The summed E-state index contributed by atoms with van der Waals surface area (Å²) in [5.74, 6) is -1.49. The minimum atomic E-state index is -1.06. The average molecular weight is 348 g/mol. The largest absolute Gasteiger partial charge is 0.478 e. The lowest BCUT2D eigenvalue weighted by molar-refractivity contribution is 0.0695. The molecule has 0 unspecified atom stereocenters. The first-order chi connectivity index (χ1) is 10.1. The van der Waals surface area contributed by atoms with Gasteiger partial charge in [-0.05, 0) is 45.8 Å². The molecule has 2 aromatic carbocycles. The van der Waals surface area contributed by atoms with Crippen molar-refractivity contribution in [3.8, 4) is 0 Å². The number of para-hydroxylation sites is 1. The molecule has 0 saturated carbocycles. The zero-order valence-electron chi connectivity index (χ0n) is 10.9. The van der Waals surface area contributed by atoms with Gasteiger partial charge in [0.1, 0.15) is 5.82 Å². The van der Waals surface area contributed by atoms with Crippen LogP contribution < -0.4 is 0 Å². The molecule has 1 N–H and O–H groups in total. The van der Waals surface area contributed by atoms with Crippen molar-refractivity contribution in [1.82, 2.24) is 4.57 Å². The minimum absolute atomic E-state index is 0.116. The molecule has 0 spiro atoms. The van der Waals surface area contributed by atoms with Gasteiger partial charge in [0, 0.05) is 28.1 Å². The first-order valence-electron chi connectivity index (χ1n) is 6.31. The van der Waals surface area contributed by atoms with E-state index in [-0.39, 0.29) is 5.56 Å². The van der Waals surface area contributed by atoms with Crippen LogP contribution >= 0.6 is 15.9 Å². The van der Waals surface area contributed by atoms with Crippen molar-refractivity contribution < 1.29 is 14.3 Å². The molecule has 3 nitrogen and oxygen atoms in total. The molecule has 0 radical (unpaired) electrons. The molecular weight excluding hydrogens is 337 g/mol. The molecule has 1 aromatic heterocycles. The normalized spacial score (nSPS) is 11.0. The third kappa shape index (κ3) is 2.56. The Hall–Kier alpha value is -2.14. The van der Waals surface area contributed by atoms with Gasteiger partial charge in [-0.1, -0.05) is 18.2 Å². The quantitative estimate of drug-likeness (QED) is 0.767. The van der Waals surface area contributed by atoms with Crippen LogP contribution in [-0.2, 0) is 6.54 Å². The van der Waals surface area contributed by atoms with Crippen molar-refractivity contribution in [2.24, 2.45) is 0 Å². The Morgan fingerprint density at radius 1 is 1.24 bits per heavy atom. The van der Waals surface area contributed by atoms with E-state index in [1.54, 1.807) is 0 Å². The lowest BCUT2D eigenvalue weighted by Gasteiger charge is -2.09. The molecule has 0 atom stereocenters. The fourth-order valence-corrected chi connectivity index (χ4v) is 3.00. The molecule has 5 heteroatoms. The van der Waals surface area contributed by atoms with Crippen LogP contribution in [0.1, 0.15) is 15.9 Å². The standard InChI is InChI=1S/C16H11BrFNO2/c17-14-9-19(15-4-2-1-3-13(14)15)8-10-7-11(18)5-6-12(10)16(20)21/h1-7,9H,8H2,(H,20,21). The number of carboxylic acid groups (broad SMARTS) is 1. The highest BCUT2D eigenvalue weighted by molar-refractivity contribution is 9.10. The van der Waals surface area contributed by atoms with Gasteiger partial charge in [-0.3, -0.25) is 0 Å². The van der Waals surface area contributed by atoms with Gasteiger partial charge in [-0.2, -0.15) is 0 Å². The van der Waals surface area contributed by atoms with Crippen molar-refractivity contribution >= 4 is 32.8 Å². The van der Waals surface area contributed by atoms with Crippen molar-refractivity contribution in [2.75, 3.05) is 0 Å². The summed E-state index contributed by atoms with van der Waals surface area (Å²) >= 11 is 3.48. The summed E-state index contributed by atoms with van der Waals surface area (Å²) < 4.78 is 16.2. The van der Waals surface area contributed by atoms with Crippen LogP contribution in [0.3, 0.4) is 0 Å². The highest BCUT2D eigenvalue weighted by atomic mass is 79.9. The van der Waals surface area contributed by atoms with Gasteiger partial charge in [0.05, 0.1) is 5.56 Å². The second kappa shape index (κ2) is 5.33. The van der Waals surface area contributed by atoms with Crippen LogP contribution in [0.25, 0.3) is 10.9 Å². The third-order valence-electron chi connectivity index (χ3n) is 3.38. The molecule has 3 rings (SSSR count). The van der Waals surface area contributed by atoms with Crippen LogP contribution in [0.2, 0.25) is 0 Å². The first-order valence-corrected chi connectivity index (χ1v) is 7.10. The Morgan fingerprint density at radius 2 is 2.00 bits per heavy atom. The van der Waals surface area contributed by atoms with Gasteiger partial charge >= 0.3 is 5.97 Å². The van der Waals surface area contributed by atoms with E-state index in [2.05, 4.69) is 15.9 Å². The fraction of sp³-hybridized carbons (Fsp3) is 0.0625. The maximum absolute atomic E-state index is 13.4. The fourth-order valence-electron chi connectivity index (χ4n) is 2.42. The van der Waals surface area contributed by atoms with Gasteiger partial charge in [-0.15, -0.1) is 0 Å². The molecule has 1 heterocycles. The molecule has 0 aliphatic rings. The molecule has 0 amide bonds. The molecular formula is C16H11BrFNO2. The molecule has 0 bridgehead atoms. The van der Waals surface area contributed by atoms with Gasteiger partial charge < -0.3 is 9.67 Å². The van der Waals surface area contributed by atoms with Crippen LogP contribution in [-0.4, -0.2) is 15.6 Å². The van der Waals surface area contributed by atoms with Crippen molar-refractivity contribution in [3.63, 3.8) is 0 Å². The second-order valence-corrected chi connectivity index (χ2v) is 5.58. The van der Waals surface area contributed by atoms with E-state index in [4.69, 9.17) is 0 Å². The SMILES string of the molecule is O=C(O)c1ccc(F)cc1Cn1cc(Br)c2ccccc21. The summed E-state index contributed by atoms with van der Waals surface area (Å²) in [6.07, 6.45) is 1.88. The number of fused-ring (bicyclic) bond motifs is 1. The van der Waals surface area contributed by atoms with E-state index in [0.717, 1.165) is 21.4 Å². The Labute approximate surface area is 128 Å². The van der Waals surface area contributed by atoms with Crippen molar-refractivity contribution in [2.45, 2.75) is 6.54 Å². The highest BCUT2D eigenvalue weighted by Gasteiger charge is 2.13. The van der Waals surface area contributed by atoms with Gasteiger partial charge in [0.15, 0.2) is 0 Å². The monoisotopic (exact) mass is 347 g/mol. The number of carbonyl (C=O) groups is 1. The predicted molar refractivity (Wildman–Crippen MR) is 82.1 cm³/mol. The summed E-state index contributed by atoms with van der Waals surface area (Å²) in [7, 11) is 0. The second-order valence-electron chi connectivity index (χ2n) is 4.73. The lowest BCUT2D eigenvalue weighted by Crippen LogP contribution is -2.07. The first kappa shape index (κ1) is 13.8. The van der Waals surface area contributed by atoms with Crippen LogP contribution in [0.15, 0.2) is 53.1 Å². The summed E-state index contributed by atoms with van der Waals surface area (Å²) in [5.41, 5.74) is 1.52. The van der Waals surface area contributed by atoms with Crippen LogP contribution in [0.4, 0.5) is 4.39 Å². The maximum atomic E-state index is 13.4. The number of nitrogens with zero attached hydrogens (tertiary/aromatic N) is 1. The van der Waals surface area contributed by atoms with Crippen molar-refractivity contribution in [3.05, 3.63) is 70.1 Å². The summed E-state index contributed by atoms with van der Waals surface area (Å²) in [6, 6.07) is 11.5. The molecule has 0 fully saturated rings. The summed E-state index contributed by atoms with van der Waals surface area (Å²) in [4.78, 5) is 11.3. The van der Waals surface area contributed by atoms with E-state index in [0.29, 0.717) is 12.1 Å². The van der Waals surface area contributed by atoms with Crippen LogP contribution in [0, 0.1) is 5.82 Å². The number of hydrogen-bond donors (Lipinski definition) is 1. The third-order valence-corrected chi connectivity index (χ3v) is 4.01. The summed E-state index contributed by atoms with van der Waals surface area (Å²) in [6.45, 7) is 0.297. The molecule has 0 aliphatic carbocycles. The highest BCUT2D eigenvalue weighted by Crippen LogP contribution is 2.27. The Bertz CT molecular complexity index is 841. The summed E-state index contributed by atoms with van der Waals surface area (Å²) in [5, 5.41) is 10.2. The van der Waals surface area contributed by atoms with E-state index in [1.165, 1.54) is 12.1 Å². The number of aromatic nitrogens is 1. The molecule has 3 aromatic rings. The number of benzene rings is 2. The van der Waals surface area contributed by atoms with Crippen molar-refractivity contribution in [1.29, 1.82) is 0 Å². The molecule has 106 valence electrons. The molecule has 0 saturated heterocycles. The number of hydrogen-bond acceptors (Lipinski definition) is 1. The predicted octanol–water partition coefficient (Wildman–Crippen LogP) is 4.29. The van der Waals surface area contributed by atoms with E-state index in [9.17, 15) is 14.3 Å². The zero-order chi connectivity index (χ0) is 15.0. The maximum Gasteiger partial charge on any atom is 0.336 e. The van der Waals surface area contributed by atoms with Gasteiger partial charge in [-0.25, -0.2) is 9.18 Å². The number of halogens is 2. The Kier molecular flexibility index (Phi) is 3.51. The van der Waals surface area contributed by atoms with Gasteiger partial charge in [0.2, 0.25) is 0 Å². The van der Waals surface area contributed by atoms with E-state index >= 15 is 0 Å². The Morgan fingerprint density at radius 3 is 2.76 bits per heavy atom. The smallest absolute Gasteiger partial charge is 0.336 e. The molecule has 21 heavy (non-hydrogen) atoms. The number of aromatic carboxylic acids is 1. The Balaban J connectivity index is 2.11. The zero-order valence-corrected chi connectivity index (χ0v) is 12.5. The number of carboxylic acids is 1. The van der Waals surface area contributed by atoms with E-state index in [1.807, 2.05) is 35.0 Å². The van der Waals surface area contributed by atoms with Gasteiger partial charge in [0.25, 0.3) is 0 Å². The average Bonchev–Trinajstić information content (AvgIpc) is 2.76. The van der Waals surface area contributed by atoms with E-state index < -0.39 is 11.8 Å². The topological polar surface area (TPSA) is 42.2 Å². The minimum Gasteiger partial charge on any atom is -0.478 e. The molecule has 0 aliphatic heterocycles. The van der Waals surface area contributed by atoms with Crippen LogP contribution in [0.5, 0.6) is 0 Å². The lowest BCUT2D eigenvalue weighted by atomic mass is 10.1. The number of rotatable bonds is 3.